The smallest absolute Gasteiger partial charge is 0.344 e. The van der Waals surface area contributed by atoms with Crippen LogP contribution in [0.4, 0.5) is 0 Å². The molecular weight excluding hydrogens is 390 g/mol. The lowest BCUT2D eigenvalue weighted by Gasteiger charge is -2.30. The van der Waals surface area contributed by atoms with E-state index in [1.54, 1.807) is 6.07 Å². The Bertz CT molecular complexity index is 830. The van der Waals surface area contributed by atoms with Crippen molar-refractivity contribution >= 4 is 22.0 Å². The van der Waals surface area contributed by atoms with Crippen molar-refractivity contribution in [3.8, 4) is 11.5 Å². The second kappa shape index (κ2) is 8.78. The van der Waals surface area contributed by atoms with E-state index in [9.17, 15) is 18.0 Å². The van der Waals surface area contributed by atoms with Crippen molar-refractivity contribution in [2.24, 2.45) is 5.92 Å². The first-order valence-corrected chi connectivity index (χ1v) is 10.5. The molecule has 0 amide bonds. The van der Waals surface area contributed by atoms with Gasteiger partial charge >= 0.3 is 11.9 Å². The summed E-state index contributed by atoms with van der Waals surface area (Å²) >= 11 is 0. The zero-order valence-corrected chi connectivity index (χ0v) is 16.4. The van der Waals surface area contributed by atoms with Gasteiger partial charge in [-0.15, -0.1) is 0 Å². The van der Waals surface area contributed by atoms with Crippen LogP contribution in [0.15, 0.2) is 23.1 Å². The van der Waals surface area contributed by atoms with E-state index in [4.69, 9.17) is 14.2 Å². The normalized spacial score (nSPS) is 18.2. The van der Waals surface area contributed by atoms with Crippen molar-refractivity contribution in [2.75, 3.05) is 40.0 Å². The predicted molar refractivity (Wildman–Crippen MR) is 96.5 cm³/mol. The monoisotopic (exact) mass is 413 g/mol. The van der Waals surface area contributed by atoms with E-state index in [1.807, 2.05) is 0 Å². The number of nitrogens with zero attached hydrogens (tertiary/aromatic N) is 1. The number of carbonyl (C=O) groups excluding carboxylic acids is 2. The Labute approximate surface area is 163 Å². The molecule has 1 aromatic rings. The molecule has 0 saturated carbocycles. The van der Waals surface area contributed by atoms with E-state index >= 15 is 0 Å². The van der Waals surface area contributed by atoms with Gasteiger partial charge in [-0.25, -0.2) is 13.2 Å². The summed E-state index contributed by atoms with van der Waals surface area (Å²) in [5.41, 5.74) is 0. The molecule has 0 radical (unpaired) electrons. The Kier molecular flexibility index (Phi) is 6.40. The molecule has 0 atom stereocenters. The van der Waals surface area contributed by atoms with Gasteiger partial charge in [0.25, 0.3) is 0 Å². The highest BCUT2D eigenvalue weighted by Gasteiger charge is 2.33. The summed E-state index contributed by atoms with van der Waals surface area (Å²) in [5, 5.41) is 0. The average Bonchev–Trinajstić information content (AvgIpc) is 2.96. The molecule has 0 N–H and O–H groups in total. The van der Waals surface area contributed by atoms with E-state index < -0.39 is 34.5 Å². The number of fused-ring (bicyclic) bond motifs is 1. The number of carbonyl (C=O) groups is 2. The zero-order chi connectivity index (χ0) is 20.1. The van der Waals surface area contributed by atoms with Crippen molar-refractivity contribution in [1.82, 2.24) is 4.31 Å². The van der Waals surface area contributed by atoms with E-state index in [-0.39, 0.29) is 18.0 Å². The molecule has 0 aromatic heterocycles. The maximum Gasteiger partial charge on any atom is 0.344 e. The van der Waals surface area contributed by atoms with Crippen LogP contribution in [-0.2, 0) is 29.1 Å². The third-order valence-electron chi connectivity index (χ3n) is 4.70. The van der Waals surface area contributed by atoms with Crippen LogP contribution < -0.4 is 9.47 Å². The summed E-state index contributed by atoms with van der Waals surface area (Å²) in [4.78, 5) is 23.2. The van der Waals surface area contributed by atoms with Crippen molar-refractivity contribution in [2.45, 2.75) is 24.2 Å². The lowest BCUT2D eigenvalue weighted by molar-refractivity contribution is -0.160. The fourth-order valence-corrected chi connectivity index (χ4v) is 4.58. The van der Waals surface area contributed by atoms with Crippen molar-refractivity contribution in [3.63, 3.8) is 0 Å². The van der Waals surface area contributed by atoms with Gasteiger partial charge in [0.1, 0.15) is 0 Å². The molecule has 0 unspecified atom stereocenters. The molecule has 1 aromatic carbocycles. The number of methoxy groups -OCH3 is 1. The molecule has 3 rings (SSSR count). The van der Waals surface area contributed by atoms with Gasteiger partial charge in [0.2, 0.25) is 10.0 Å². The number of ether oxygens (including phenoxy) is 4. The molecule has 0 spiro atoms. The second-order valence-electron chi connectivity index (χ2n) is 6.52. The summed E-state index contributed by atoms with van der Waals surface area (Å²) < 4.78 is 47.7. The number of hydrogen-bond donors (Lipinski definition) is 0. The number of benzene rings is 1. The Balaban J connectivity index is 1.62. The molecule has 28 heavy (non-hydrogen) atoms. The lowest BCUT2D eigenvalue weighted by atomic mass is 9.98. The maximum absolute atomic E-state index is 12.9. The Hall–Kier alpha value is -2.33. The van der Waals surface area contributed by atoms with Crippen LogP contribution in [0, 0.1) is 5.92 Å². The predicted octanol–water partition coefficient (Wildman–Crippen LogP) is 0.965. The molecule has 2 aliphatic rings. The van der Waals surface area contributed by atoms with Crippen LogP contribution in [0.5, 0.6) is 11.5 Å². The minimum atomic E-state index is -3.71. The summed E-state index contributed by atoms with van der Waals surface area (Å²) in [5.74, 6) is -0.649. The Morgan fingerprint density at radius 3 is 2.50 bits per heavy atom. The summed E-state index contributed by atoms with van der Waals surface area (Å²) in [6, 6.07) is 4.58. The van der Waals surface area contributed by atoms with Crippen molar-refractivity contribution in [3.05, 3.63) is 18.2 Å². The number of piperidine rings is 1. The van der Waals surface area contributed by atoms with Gasteiger partial charge in [-0.05, 0) is 25.0 Å². The highest BCUT2D eigenvalue weighted by atomic mass is 32.2. The average molecular weight is 413 g/mol. The standard InChI is InChI=1S/C18H23NO8S/c1-24-17(20)12-27-18(21)13-5-7-19(8-6-13)28(22,23)14-3-4-15-16(11-14)26-10-2-9-25-15/h3-4,11,13H,2,5-10,12H2,1H3. The molecular formula is C18H23NO8S. The van der Waals surface area contributed by atoms with Crippen LogP contribution in [0.25, 0.3) is 0 Å². The lowest BCUT2D eigenvalue weighted by Crippen LogP contribution is -2.40. The molecule has 1 fully saturated rings. The largest absolute Gasteiger partial charge is 0.490 e. The number of rotatable bonds is 5. The summed E-state index contributed by atoms with van der Waals surface area (Å²) in [6.07, 6.45) is 1.38. The van der Waals surface area contributed by atoms with Gasteiger partial charge < -0.3 is 18.9 Å². The fraction of sp³-hybridized carbons (Fsp3) is 0.556. The van der Waals surface area contributed by atoms with Gasteiger partial charge in [-0.3, -0.25) is 4.79 Å². The molecule has 1 saturated heterocycles. The molecule has 154 valence electrons. The van der Waals surface area contributed by atoms with Crippen LogP contribution >= 0.6 is 0 Å². The second-order valence-corrected chi connectivity index (χ2v) is 8.46. The highest BCUT2D eigenvalue weighted by Crippen LogP contribution is 2.33. The summed E-state index contributed by atoms with van der Waals surface area (Å²) in [7, 11) is -2.51. The van der Waals surface area contributed by atoms with Crippen LogP contribution in [0.3, 0.4) is 0 Å². The Morgan fingerprint density at radius 2 is 1.82 bits per heavy atom. The van der Waals surface area contributed by atoms with Gasteiger partial charge in [-0.1, -0.05) is 0 Å². The quantitative estimate of drug-likeness (QED) is 0.657. The zero-order valence-electron chi connectivity index (χ0n) is 15.6. The van der Waals surface area contributed by atoms with Crippen molar-refractivity contribution < 1.29 is 37.0 Å². The van der Waals surface area contributed by atoms with Crippen LogP contribution in [0.1, 0.15) is 19.3 Å². The van der Waals surface area contributed by atoms with E-state index in [0.717, 1.165) is 6.42 Å². The first-order valence-electron chi connectivity index (χ1n) is 9.05. The Morgan fingerprint density at radius 1 is 1.14 bits per heavy atom. The SMILES string of the molecule is COC(=O)COC(=O)C1CCN(S(=O)(=O)c2ccc3c(c2)OCCCO3)CC1. The number of sulfonamides is 1. The van der Waals surface area contributed by atoms with Gasteiger partial charge in [0, 0.05) is 25.6 Å². The number of hydrogen-bond acceptors (Lipinski definition) is 8. The fourth-order valence-electron chi connectivity index (χ4n) is 3.09. The minimum absolute atomic E-state index is 0.128. The summed E-state index contributed by atoms with van der Waals surface area (Å²) in [6.45, 7) is 0.933. The van der Waals surface area contributed by atoms with Gasteiger partial charge in [0.15, 0.2) is 18.1 Å². The number of esters is 2. The van der Waals surface area contributed by atoms with Gasteiger partial charge in [-0.2, -0.15) is 4.31 Å². The van der Waals surface area contributed by atoms with E-state index in [1.165, 1.54) is 23.5 Å². The van der Waals surface area contributed by atoms with Crippen LogP contribution in [-0.4, -0.2) is 64.7 Å². The molecule has 9 nitrogen and oxygen atoms in total. The third kappa shape index (κ3) is 4.56. The van der Waals surface area contributed by atoms with Crippen LogP contribution in [0.2, 0.25) is 0 Å². The molecule has 2 heterocycles. The van der Waals surface area contributed by atoms with E-state index in [2.05, 4.69) is 4.74 Å². The molecule has 2 aliphatic heterocycles. The first-order chi connectivity index (χ1) is 13.4. The van der Waals surface area contributed by atoms with Gasteiger partial charge in [0.05, 0.1) is 31.1 Å². The highest BCUT2D eigenvalue weighted by molar-refractivity contribution is 7.89. The van der Waals surface area contributed by atoms with Crippen molar-refractivity contribution in [1.29, 1.82) is 0 Å². The van der Waals surface area contributed by atoms with E-state index in [0.29, 0.717) is 37.6 Å². The molecule has 0 bridgehead atoms. The minimum Gasteiger partial charge on any atom is -0.490 e. The molecule has 10 heteroatoms. The first kappa shape index (κ1) is 20.4. The third-order valence-corrected chi connectivity index (χ3v) is 6.60. The maximum atomic E-state index is 12.9. The molecule has 0 aliphatic carbocycles. The topological polar surface area (TPSA) is 108 Å².